The highest BCUT2D eigenvalue weighted by Gasteiger charge is 1.96. The summed E-state index contributed by atoms with van der Waals surface area (Å²) in [7, 11) is 0. The van der Waals surface area contributed by atoms with Gasteiger partial charge in [-0.3, -0.25) is 0 Å². The quantitative estimate of drug-likeness (QED) is 0.767. The van der Waals surface area contributed by atoms with Crippen molar-refractivity contribution in [3.05, 3.63) is 72.1 Å². The molecule has 2 aromatic carbocycles. The van der Waals surface area contributed by atoms with Crippen molar-refractivity contribution in [2.75, 3.05) is 6.61 Å². The SMILES string of the molecule is C=Cc1ccc(OCCc2ccc(F)cc2)cc1. The van der Waals surface area contributed by atoms with Crippen LogP contribution in [0.2, 0.25) is 0 Å². The van der Waals surface area contributed by atoms with Crippen molar-refractivity contribution in [1.29, 1.82) is 0 Å². The zero-order valence-corrected chi connectivity index (χ0v) is 10.1. The van der Waals surface area contributed by atoms with Crippen LogP contribution in [0.25, 0.3) is 6.08 Å². The highest BCUT2D eigenvalue weighted by molar-refractivity contribution is 5.48. The smallest absolute Gasteiger partial charge is 0.123 e. The number of benzene rings is 2. The highest BCUT2D eigenvalue weighted by atomic mass is 19.1. The molecule has 0 bridgehead atoms. The molecule has 0 atom stereocenters. The second-order valence-corrected chi connectivity index (χ2v) is 4.00. The first kappa shape index (κ1) is 12.4. The topological polar surface area (TPSA) is 9.23 Å². The fourth-order valence-corrected chi connectivity index (χ4v) is 1.64. The van der Waals surface area contributed by atoms with Gasteiger partial charge >= 0.3 is 0 Å². The Labute approximate surface area is 107 Å². The summed E-state index contributed by atoms with van der Waals surface area (Å²) in [6.07, 6.45) is 2.56. The van der Waals surface area contributed by atoms with Crippen molar-refractivity contribution in [2.45, 2.75) is 6.42 Å². The van der Waals surface area contributed by atoms with E-state index in [4.69, 9.17) is 4.74 Å². The first-order valence-corrected chi connectivity index (χ1v) is 5.87. The Morgan fingerprint density at radius 1 is 1.00 bits per heavy atom. The maximum atomic E-state index is 12.7. The summed E-state index contributed by atoms with van der Waals surface area (Å²) in [5.41, 5.74) is 2.14. The van der Waals surface area contributed by atoms with Crippen LogP contribution in [-0.4, -0.2) is 6.61 Å². The molecule has 0 N–H and O–H groups in total. The van der Waals surface area contributed by atoms with Crippen LogP contribution < -0.4 is 4.74 Å². The van der Waals surface area contributed by atoms with E-state index in [9.17, 15) is 4.39 Å². The van der Waals surface area contributed by atoms with Crippen molar-refractivity contribution in [2.24, 2.45) is 0 Å². The van der Waals surface area contributed by atoms with Gasteiger partial charge in [-0.25, -0.2) is 4.39 Å². The number of halogens is 1. The van der Waals surface area contributed by atoms with Crippen LogP contribution in [0.5, 0.6) is 5.75 Å². The first-order valence-electron chi connectivity index (χ1n) is 5.87. The molecule has 2 rings (SSSR count). The van der Waals surface area contributed by atoms with Gasteiger partial charge in [-0.1, -0.05) is 36.9 Å². The Morgan fingerprint density at radius 2 is 1.67 bits per heavy atom. The summed E-state index contributed by atoms with van der Waals surface area (Å²) < 4.78 is 18.3. The van der Waals surface area contributed by atoms with Gasteiger partial charge in [0, 0.05) is 6.42 Å². The second kappa shape index (κ2) is 6.01. The van der Waals surface area contributed by atoms with Crippen LogP contribution in [-0.2, 0) is 6.42 Å². The predicted octanol–water partition coefficient (Wildman–Crippen LogP) is 4.09. The fraction of sp³-hybridized carbons (Fsp3) is 0.125. The van der Waals surface area contributed by atoms with Gasteiger partial charge in [-0.2, -0.15) is 0 Å². The Kier molecular flexibility index (Phi) is 4.13. The van der Waals surface area contributed by atoms with Gasteiger partial charge in [0.2, 0.25) is 0 Å². The molecule has 0 aromatic heterocycles. The third kappa shape index (κ3) is 3.45. The average molecular weight is 242 g/mol. The molecule has 0 spiro atoms. The zero-order chi connectivity index (χ0) is 12.8. The van der Waals surface area contributed by atoms with Gasteiger partial charge in [0.25, 0.3) is 0 Å². The van der Waals surface area contributed by atoms with Crippen LogP contribution in [0, 0.1) is 5.82 Å². The van der Waals surface area contributed by atoms with Crippen molar-refractivity contribution in [3.8, 4) is 5.75 Å². The van der Waals surface area contributed by atoms with E-state index in [-0.39, 0.29) is 5.82 Å². The molecular weight excluding hydrogens is 227 g/mol. The summed E-state index contributed by atoms with van der Waals surface area (Å²) in [6.45, 7) is 4.28. The summed E-state index contributed by atoms with van der Waals surface area (Å²) in [5.74, 6) is 0.627. The van der Waals surface area contributed by atoms with E-state index in [2.05, 4.69) is 6.58 Å². The molecular formula is C16H15FO. The van der Waals surface area contributed by atoms with Crippen LogP contribution in [0.3, 0.4) is 0 Å². The minimum atomic E-state index is -0.209. The average Bonchev–Trinajstić information content (AvgIpc) is 2.42. The normalized spacial score (nSPS) is 10.1. The van der Waals surface area contributed by atoms with Crippen LogP contribution >= 0.6 is 0 Å². The van der Waals surface area contributed by atoms with Crippen molar-refractivity contribution in [3.63, 3.8) is 0 Å². The number of hydrogen-bond acceptors (Lipinski definition) is 1. The number of hydrogen-bond donors (Lipinski definition) is 0. The van der Waals surface area contributed by atoms with Gasteiger partial charge in [0.1, 0.15) is 11.6 Å². The third-order valence-corrected chi connectivity index (χ3v) is 2.69. The predicted molar refractivity (Wildman–Crippen MR) is 72.1 cm³/mol. The lowest BCUT2D eigenvalue weighted by Gasteiger charge is -2.06. The molecule has 0 radical (unpaired) electrons. The first-order chi connectivity index (χ1) is 8.78. The second-order valence-electron chi connectivity index (χ2n) is 4.00. The van der Waals surface area contributed by atoms with E-state index >= 15 is 0 Å². The molecule has 0 fully saturated rings. The van der Waals surface area contributed by atoms with E-state index in [0.717, 1.165) is 23.3 Å². The molecule has 1 nitrogen and oxygen atoms in total. The van der Waals surface area contributed by atoms with Crippen molar-refractivity contribution < 1.29 is 9.13 Å². The third-order valence-electron chi connectivity index (χ3n) is 2.69. The number of rotatable bonds is 5. The molecule has 2 aromatic rings. The maximum absolute atomic E-state index is 12.7. The van der Waals surface area contributed by atoms with Crippen LogP contribution in [0.15, 0.2) is 55.1 Å². The molecule has 92 valence electrons. The lowest BCUT2D eigenvalue weighted by Crippen LogP contribution is -2.01. The Hall–Kier alpha value is -2.09. The summed E-state index contributed by atoms with van der Waals surface area (Å²) in [6, 6.07) is 14.2. The van der Waals surface area contributed by atoms with Crippen LogP contribution in [0.1, 0.15) is 11.1 Å². The Balaban J connectivity index is 1.84. The van der Waals surface area contributed by atoms with E-state index in [1.165, 1.54) is 12.1 Å². The lowest BCUT2D eigenvalue weighted by atomic mass is 10.1. The minimum absolute atomic E-state index is 0.209. The Morgan fingerprint density at radius 3 is 2.28 bits per heavy atom. The molecule has 0 amide bonds. The van der Waals surface area contributed by atoms with Gasteiger partial charge in [-0.15, -0.1) is 0 Å². The lowest BCUT2D eigenvalue weighted by molar-refractivity contribution is 0.322. The summed E-state index contributed by atoms with van der Waals surface area (Å²) in [5, 5.41) is 0. The molecule has 0 saturated carbocycles. The molecule has 0 aliphatic carbocycles. The summed E-state index contributed by atoms with van der Waals surface area (Å²) in [4.78, 5) is 0. The maximum Gasteiger partial charge on any atom is 0.123 e. The molecule has 2 heteroatoms. The highest BCUT2D eigenvalue weighted by Crippen LogP contribution is 2.13. The molecule has 0 aliphatic rings. The van der Waals surface area contributed by atoms with Gasteiger partial charge in [-0.05, 0) is 35.4 Å². The van der Waals surface area contributed by atoms with Crippen molar-refractivity contribution >= 4 is 6.08 Å². The minimum Gasteiger partial charge on any atom is -0.493 e. The van der Waals surface area contributed by atoms with Gasteiger partial charge < -0.3 is 4.74 Å². The zero-order valence-electron chi connectivity index (χ0n) is 10.1. The molecule has 0 saturated heterocycles. The van der Waals surface area contributed by atoms with Crippen molar-refractivity contribution in [1.82, 2.24) is 0 Å². The van der Waals surface area contributed by atoms with E-state index in [1.807, 2.05) is 24.3 Å². The number of ether oxygens (including phenoxy) is 1. The van der Waals surface area contributed by atoms with Gasteiger partial charge in [0.05, 0.1) is 6.61 Å². The molecule has 0 heterocycles. The Bertz CT molecular complexity index is 500. The van der Waals surface area contributed by atoms with E-state index in [1.54, 1.807) is 18.2 Å². The monoisotopic (exact) mass is 242 g/mol. The van der Waals surface area contributed by atoms with E-state index < -0.39 is 0 Å². The standard InChI is InChI=1S/C16H15FO/c1-2-13-5-9-16(10-6-13)18-12-11-14-3-7-15(17)8-4-14/h2-10H,1,11-12H2. The molecule has 0 unspecified atom stereocenters. The van der Waals surface area contributed by atoms with Crippen LogP contribution in [0.4, 0.5) is 4.39 Å². The fourth-order valence-electron chi connectivity index (χ4n) is 1.64. The largest absolute Gasteiger partial charge is 0.493 e. The van der Waals surface area contributed by atoms with Gasteiger partial charge in [0.15, 0.2) is 0 Å². The molecule has 0 aliphatic heterocycles. The van der Waals surface area contributed by atoms with E-state index in [0.29, 0.717) is 6.61 Å². The molecule has 18 heavy (non-hydrogen) atoms. The summed E-state index contributed by atoms with van der Waals surface area (Å²) >= 11 is 0.